The molecule has 0 bridgehead atoms. The van der Waals surface area contributed by atoms with E-state index in [2.05, 4.69) is 10.3 Å². The van der Waals surface area contributed by atoms with Gasteiger partial charge in [0, 0.05) is 21.8 Å². The zero-order valence-corrected chi connectivity index (χ0v) is 16.7. The smallest absolute Gasteiger partial charge is 0.255 e. The monoisotopic (exact) mass is 410 g/mol. The number of aryl methyl sites for hydroxylation is 2. The molecule has 0 unspecified atom stereocenters. The predicted octanol–water partition coefficient (Wildman–Crippen LogP) is 6.67. The quantitative estimate of drug-likeness (QED) is 0.410. The first-order chi connectivity index (χ1) is 13.4. The number of carbonyl (C=O) groups excluding carboxylic acids is 1. The summed E-state index contributed by atoms with van der Waals surface area (Å²) in [7, 11) is 0. The van der Waals surface area contributed by atoms with E-state index in [1.165, 1.54) is 0 Å². The number of hydrogen-bond donors (Lipinski definition) is 1. The van der Waals surface area contributed by atoms with Crippen LogP contribution < -0.4 is 5.32 Å². The maximum Gasteiger partial charge on any atom is 0.255 e. The molecular weight excluding hydrogens is 395 g/mol. The van der Waals surface area contributed by atoms with E-state index in [0.717, 1.165) is 16.7 Å². The minimum absolute atomic E-state index is 0.150. The lowest BCUT2D eigenvalue weighted by molar-refractivity contribution is 0.102. The summed E-state index contributed by atoms with van der Waals surface area (Å²) in [4.78, 5) is 16.9. The van der Waals surface area contributed by atoms with Crippen LogP contribution in [0.3, 0.4) is 0 Å². The van der Waals surface area contributed by atoms with Crippen molar-refractivity contribution in [2.75, 3.05) is 5.32 Å². The van der Waals surface area contributed by atoms with Gasteiger partial charge >= 0.3 is 0 Å². The molecule has 0 atom stereocenters. The Morgan fingerprint density at radius 2 is 1.64 bits per heavy atom. The zero-order valence-electron chi connectivity index (χ0n) is 15.2. The van der Waals surface area contributed by atoms with E-state index >= 15 is 0 Å². The van der Waals surface area contributed by atoms with Crippen LogP contribution in [-0.2, 0) is 0 Å². The molecule has 140 valence electrons. The summed E-state index contributed by atoms with van der Waals surface area (Å²) >= 11 is 12.2. The number of nitrogens with one attached hydrogen (secondary N) is 1. The second kappa shape index (κ2) is 7.30. The minimum atomic E-state index is -0.150. The SMILES string of the molecule is Cc1cc(C)cc(C(=O)Nc2ccc(-c3nc4cc(Cl)cc(Cl)c4o3)cc2)c1. The first kappa shape index (κ1) is 18.5. The summed E-state index contributed by atoms with van der Waals surface area (Å²) in [6, 6.07) is 16.4. The Kier molecular flexibility index (Phi) is 4.84. The maximum atomic E-state index is 12.5. The second-order valence-electron chi connectivity index (χ2n) is 6.66. The molecule has 4 nitrogen and oxygen atoms in total. The highest BCUT2D eigenvalue weighted by Gasteiger charge is 2.13. The number of oxazole rings is 1. The van der Waals surface area contributed by atoms with Crippen molar-refractivity contribution in [2.24, 2.45) is 0 Å². The van der Waals surface area contributed by atoms with Gasteiger partial charge in [-0.2, -0.15) is 0 Å². The predicted molar refractivity (Wildman–Crippen MR) is 113 cm³/mol. The van der Waals surface area contributed by atoms with E-state index in [-0.39, 0.29) is 5.91 Å². The van der Waals surface area contributed by atoms with Crippen LogP contribution in [0.4, 0.5) is 5.69 Å². The normalized spacial score (nSPS) is 11.0. The number of halogens is 2. The summed E-state index contributed by atoms with van der Waals surface area (Å²) < 4.78 is 5.77. The van der Waals surface area contributed by atoms with Crippen LogP contribution in [0.2, 0.25) is 10.0 Å². The first-order valence-electron chi connectivity index (χ1n) is 8.65. The fourth-order valence-electron chi connectivity index (χ4n) is 3.09. The Hall–Kier alpha value is -2.82. The van der Waals surface area contributed by atoms with Crippen molar-refractivity contribution in [1.82, 2.24) is 4.98 Å². The Balaban J connectivity index is 1.57. The van der Waals surface area contributed by atoms with Gasteiger partial charge in [0.15, 0.2) is 5.58 Å². The molecule has 1 amide bonds. The van der Waals surface area contributed by atoms with Crippen LogP contribution in [-0.4, -0.2) is 10.9 Å². The van der Waals surface area contributed by atoms with E-state index in [9.17, 15) is 4.79 Å². The number of amides is 1. The molecule has 0 radical (unpaired) electrons. The Morgan fingerprint density at radius 1 is 0.964 bits per heavy atom. The Labute approximate surface area is 172 Å². The minimum Gasteiger partial charge on any atom is -0.435 e. The third kappa shape index (κ3) is 3.75. The summed E-state index contributed by atoms with van der Waals surface area (Å²) in [6.07, 6.45) is 0. The molecule has 4 aromatic rings. The van der Waals surface area contributed by atoms with Crippen LogP contribution in [0.5, 0.6) is 0 Å². The van der Waals surface area contributed by atoms with Crippen LogP contribution in [0.15, 0.2) is 59.0 Å². The van der Waals surface area contributed by atoms with Crippen molar-refractivity contribution in [1.29, 1.82) is 0 Å². The van der Waals surface area contributed by atoms with Crippen molar-refractivity contribution >= 4 is 45.9 Å². The molecule has 3 aromatic carbocycles. The Bertz CT molecular complexity index is 1180. The van der Waals surface area contributed by atoms with Crippen molar-refractivity contribution in [3.05, 3.63) is 81.3 Å². The lowest BCUT2D eigenvalue weighted by Crippen LogP contribution is -2.12. The summed E-state index contributed by atoms with van der Waals surface area (Å²) in [5, 5.41) is 3.82. The highest BCUT2D eigenvalue weighted by atomic mass is 35.5. The fraction of sp³-hybridized carbons (Fsp3) is 0.0909. The molecule has 0 aliphatic rings. The van der Waals surface area contributed by atoms with Gasteiger partial charge in [0.05, 0.1) is 5.02 Å². The van der Waals surface area contributed by atoms with Crippen molar-refractivity contribution in [2.45, 2.75) is 13.8 Å². The van der Waals surface area contributed by atoms with Gasteiger partial charge in [-0.3, -0.25) is 4.79 Å². The molecule has 28 heavy (non-hydrogen) atoms. The molecule has 1 heterocycles. The summed E-state index contributed by atoms with van der Waals surface area (Å²) in [5.41, 5.74) is 5.28. The van der Waals surface area contributed by atoms with E-state index in [1.807, 2.05) is 44.2 Å². The molecule has 0 aliphatic carbocycles. The molecule has 0 spiro atoms. The largest absolute Gasteiger partial charge is 0.435 e. The third-order valence-corrected chi connectivity index (χ3v) is 4.78. The third-order valence-electron chi connectivity index (χ3n) is 4.28. The summed E-state index contributed by atoms with van der Waals surface area (Å²) in [5.74, 6) is 0.286. The molecule has 0 saturated heterocycles. The van der Waals surface area contributed by atoms with Crippen molar-refractivity contribution in [3.8, 4) is 11.5 Å². The highest BCUT2D eigenvalue weighted by molar-refractivity contribution is 6.38. The lowest BCUT2D eigenvalue weighted by atomic mass is 10.1. The van der Waals surface area contributed by atoms with Gasteiger partial charge in [-0.15, -0.1) is 0 Å². The number of fused-ring (bicyclic) bond motifs is 1. The standard InChI is InChI=1S/C22H16Cl2N2O2/c1-12-7-13(2)9-15(8-12)21(27)25-17-5-3-14(4-6-17)22-26-19-11-16(23)10-18(24)20(19)28-22/h3-11H,1-2H3,(H,25,27). The van der Waals surface area contributed by atoms with Gasteiger partial charge in [-0.05, 0) is 62.4 Å². The van der Waals surface area contributed by atoms with E-state index in [1.54, 1.807) is 24.3 Å². The lowest BCUT2D eigenvalue weighted by Gasteiger charge is -2.07. The number of nitrogens with zero attached hydrogens (tertiary/aromatic N) is 1. The van der Waals surface area contributed by atoms with Gasteiger partial charge in [0.1, 0.15) is 5.52 Å². The van der Waals surface area contributed by atoms with Crippen LogP contribution >= 0.6 is 23.2 Å². The molecule has 6 heteroatoms. The van der Waals surface area contributed by atoms with Gasteiger partial charge in [-0.1, -0.05) is 40.4 Å². The number of aromatic nitrogens is 1. The van der Waals surface area contributed by atoms with Gasteiger partial charge in [-0.25, -0.2) is 4.98 Å². The molecular formula is C22H16Cl2N2O2. The molecule has 0 saturated carbocycles. The number of hydrogen-bond acceptors (Lipinski definition) is 3. The summed E-state index contributed by atoms with van der Waals surface area (Å²) in [6.45, 7) is 3.94. The topological polar surface area (TPSA) is 55.1 Å². The van der Waals surface area contributed by atoms with Crippen LogP contribution in [0.1, 0.15) is 21.5 Å². The number of rotatable bonds is 3. The number of carbonyl (C=O) groups is 1. The van der Waals surface area contributed by atoms with Gasteiger partial charge in [0.2, 0.25) is 5.89 Å². The number of anilines is 1. The van der Waals surface area contributed by atoms with E-state index < -0.39 is 0 Å². The van der Waals surface area contributed by atoms with E-state index in [4.69, 9.17) is 27.6 Å². The highest BCUT2D eigenvalue weighted by Crippen LogP contribution is 2.32. The fourth-order valence-corrected chi connectivity index (χ4v) is 3.61. The molecule has 1 N–H and O–H groups in total. The Morgan fingerprint density at radius 3 is 2.32 bits per heavy atom. The van der Waals surface area contributed by atoms with Crippen LogP contribution in [0.25, 0.3) is 22.6 Å². The molecule has 1 aromatic heterocycles. The first-order valence-corrected chi connectivity index (χ1v) is 9.40. The van der Waals surface area contributed by atoms with Gasteiger partial charge in [0.25, 0.3) is 5.91 Å². The number of benzene rings is 3. The molecule has 4 rings (SSSR count). The van der Waals surface area contributed by atoms with E-state index in [0.29, 0.717) is 38.3 Å². The van der Waals surface area contributed by atoms with Crippen LogP contribution in [0, 0.1) is 13.8 Å². The maximum absolute atomic E-state index is 12.5. The molecule has 0 aliphatic heterocycles. The second-order valence-corrected chi connectivity index (χ2v) is 7.51. The van der Waals surface area contributed by atoms with Gasteiger partial charge < -0.3 is 9.73 Å². The molecule has 0 fully saturated rings. The van der Waals surface area contributed by atoms with Crippen molar-refractivity contribution in [3.63, 3.8) is 0 Å². The average molecular weight is 411 g/mol. The van der Waals surface area contributed by atoms with Crippen molar-refractivity contribution < 1.29 is 9.21 Å². The average Bonchev–Trinajstić information content (AvgIpc) is 3.06. The zero-order chi connectivity index (χ0) is 19.8.